The van der Waals surface area contributed by atoms with Crippen LogP contribution in [-0.2, 0) is 42.6 Å². The first-order valence-corrected chi connectivity index (χ1v) is 22.8. The Kier molecular flexibility index (Phi) is 14.8. The first kappa shape index (κ1) is 45.4. The van der Waals surface area contributed by atoms with Crippen molar-refractivity contribution in [1.82, 2.24) is 29.2 Å². The van der Waals surface area contributed by atoms with Crippen molar-refractivity contribution in [1.29, 1.82) is 0 Å². The molecule has 0 radical (unpaired) electrons. The number of carbonyl (C=O) groups excluding carboxylic acids is 2. The van der Waals surface area contributed by atoms with Crippen molar-refractivity contribution in [3.8, 4) is 11.1 Å². The third-order valence-electron chi connectivity index (χ3n) is 13.1. The molecular weight excluding hydrogens is 828 g/mol. The van der Waals surface area contributed by atoms with Gasteiger partial charge >= 0.3 is 5.97 Å². The molecule has 1 aliphatic carbocycles. The average Bonchev–Trinajstić information content (AvgIpc) is 3.88. The number of nitrogens with one attached hydrogen (secondary N) is 1. The van der Waals surface area contributed by atoms with Crippen LogP contribution in [0.3, 0.4) is 0 Å². The molecule has 4 aromatic rings. The zero-order chi connectivity index (χ0) is 44.0. The number of anilines is 1. The molecule has 0 spiro atoms. The van der Waals surface area contributed by atoms with Crippen LogP contribution in [0.5, 0.6) is 0 Å². The van der Waals surface area contributed by atoms with Gasteiger partial charge in [-0.05, 0) is 92.9 Å². The number of benzene rings is 2. The molecule has 2 N–H and O–H groups in total. The van der Waals surface area contributed by atoms with E-state index in [9.17, 15) is 19.5 Å². The molecule has 62 heavy (non-hydrogen) atoms. The Bertz CT molecular complexity index is 2320. The van der Waals surface area contributed by atoms with Gasteiger partial charge in [-0.1, -0.05) is 79.2 Å². The van der Waals surface area contributed by atoms with Gasteiger partial charge in [-0.15, -0.1) is 0 Å². The summed E-state index contributed by atoms with van der Waals surface area (Å²) in [4.78, 5) is 53.1. The van der Waals surface area contributed by atoms with Gasteiger partial charge in [-0.25, -0.2) is 9.37 Å². The minimum absolute atomic E-state index is 0.147. The SMILES string of the molecule is CN(C)C(=O)CCCCN1CCc2cc(/C(F)=C/c3cccc(-c4cccc(NC(=O)c5nc6c(n5C)CCN(CCCCCC5(C(=O)O)CCCC5)C6)c4Cl)c3Cl)ncc2C1. The number of carboxylic acid groups (broad SMARTS) is 1. The number of carboxylic acids is 1. The Morgan fingerprint density at radius 3 is 2.34 bits per heavy atom. The summed E-state index contributed by atoms with van der Waals surface area (Å²) in [6.45, 7) is 4.93. The number of pyridine rings is 1. The molecule has 7 rings (SSSR count). The molecule has 1 saturated carbocycles. The summed E-state index contributed by atoms with van der Waals surface area (Å²) in [7, 11) is 5.42. The molecule has 2 aromatic carbocycles. The summed E-state index contributed by atoms with van der Waals surface area (Å²) < 4.78 is 17.7. The highest BCUT2D eigenvalue weighted by Crippen LogP contribution is 2.43. The highest BCUT2D eigenvalue weighted by molar-refractivity contribution is 6.39. The zero-order valence-electron chi connectivity index (χ0n) is 36.1. The highest BCUT2D eigenvalue weighted by atomic mass is 35.5. The number of hydrogen-bond acceptors (Lipinski definition) is 7. The Labute approximate surface area is 374 Å². The highest BCUT2D eigenvalue weighted by Gasteiger charge is 2.40. The van der Waals surface area contributed by atoms with Gasteiger partial charge in [-0.3, -0.25) is 29.2 Å². The topological polar surface area (TPSA) is 124 Å². The van der Waals surface area contributed by atoms with Crippen molar-refractivity contribution in [3.63, 3.8) is 0 Å². The van der Waals surface area contributed by atoms with Gasteiger partial charge in [0.15, 0.2) is 5.82 Å². The van der Waals surface area contributed by atoms with E-state index in [4.69, 9.17) is 28.2 Å². The predicted molar refractivity (Wildman–Crippen MR) is 244 cm³/mol. The van der Waals surface area contributed by atoms with Crippen molar-refractivity contribution < 1.29 is 23.9 Å². The molecule has 0 bridgehead atoms. The van der Waals surface area contributed by atoms with E-state index in [-0.39, 0.29) is 17.5 Å². The molecular formula is C48H58Cl2FN7O4. The molecule has 2 aromatic heterocycles. The lowest BCUT2D eigenvalue weighted by molar-refractivity contribution is -0.149. The minimum atomic E-state index is -0.632. The lowest BCUT2D eigenvalue weighted by atomic mass is 9.81. The third kappa shape index (κ3) is 10.4. The largest absolute Gasteiger partial charge is 0.481 e. The van der Waals surface area contributed by atoms with Gasteiger partial charge in [0.05, 0.1) is 32.5 Å². The molecule has 4 heterocycles. The first-order chi connectivity index (χ1) is 29.8. The third-order valence-corrected chi connectivity index (χ3v) is 13.9. The van der Waals surface area contributed by atoms with Crippen LogP contribution in [0, 0.1) is 5.41 Å². The fraction of sp³-hybridized carbons (Fsp3) is 0.479. The maximum absolute atomic E-state index is 15.9. The molecule has 0 atom stereocenters. The van der Waals surface area contributed by atoms with Crippen LogP contribution in [0.25, 0.3) is 23.0 Å². The van der Waals surface area contributed by atoms with Gasteiger partial charge < -0.3 is 19.9 Å². The molecule has 330 valence electrons. The van der Waals surface area contributed by atoms with E-state index in [1.54, 1.807) is 49.5 Å². The molecule has 2 amide bonds. The van der Waals surface area contributed by atoms with Crippen LogP contribution in [0.1, 0.15) is 115 Å². The predicted octanol–water partition coefficient (Wildman–Crippen LogP) is 9.69. The molecule has 11 nitrogen and oxygen atoms in total. The molecule has 1 fully saturated rings. The minimum Gasteiger partial charge on any atom is -0.481 e. The fourth-order valence-electron chi connectivity index (χ4n) is 9.32. The van der Waals surface area contributed by atoms with E-state index in [0.29, 0.717) is 51.2 Å². The summed E-state index contributed by atoms with van der Waals surface area (Å²) in [5.74, 6) is -1.07. The number of aliphatic carboxylic acids is 1. The second kappa shape index (κ2) is 20.3. The number of amides is 2. The van der Waals surface area contributed by atoms with Crippen LogP contribution in [0.2, 0.25) is 10.0 Å². The zero-order valence-corrected chi connectivity index (χ0v) is 37.6. The standard InChI is InChI=1S/C48H58Cl2FN7O4/c1-55(2)42(59)17-5-10-24-57-25-18-32-28-39(52-29-34(32)30-57)37(51)27-33-13-11-14-35(43(33)49)36-15-12-16-38(44(36)50)54-46(60)45-53-40-31-58(26-19-41(40)56(45)3)23-9-4-6-20-48(47(61)62)21-7-8-22-48/h11-16,27-29H,4-10,17-26,30-31H2,1-3H3,(H,54,60)(H,61,62)/b37-27-. The molecule has 14 heteroatoms. The van der Waals surface area contributed by atoms with Crippen LogP contribution in [-0.4, -0.2) is 92.4 Å². The number of carbonyl (C=O) groups is 3. The number of unbranched alkanes of at least 4 members (excludes halogenated alkanes) is 3. The summed E-state index contributed by atoms with van der Waals surface area (Å²) in [5.41, 5.74) is 5.85. The van der Waals surface area contributed by atoms with Crippen LogP contribution in [0.4, 0.5) is 10.1 Å². The van der Waals surface area contributed by atoms with Crippen LogP contribution in [0.15, 0.2) is 48.7 Å². The van der Waals surface area contributed by atoms with Crippen molar-refractivity contribution >= 4 is 58.6 Å². The van der Waals surface area contributed by atoms with Crippen molar-refractivity contribution in [3.05, 3.63) is 98.3 Å². The van der Waals surface area contributed by atoms with E-state index in [1.807, 2.05) is 29.8 Å². The normalized spacial score (nSPS) is 16.5. The Morgan fingerprint density at radius 1 is 0.903 bits per heavy atom. The second-order valence-electron chi connectivity index (χ2n) is 17.4. The monoisotopic (exact) mass is 885 g/mol. The number of fused-ring (bicyclic) bond motifs is 2. The molecule has 0 saturated heterocycles. The Hall–Kier alpha value is -4.62. The Balaban J connectivity index is 0.959. The number of hydrogen-bond donors (Lipinski definition) is 2. The van der Waals surface area contributed by atoms with E-state index < -0.39 is 17.2 Å². The average molecular weight is 887 g/mol. The van der Waals surface area contributed by atoms with E-state index in [0.717, 1.165) is 132 Å². The summed E-state index contributed by atoms with van der Waals surface area (Å²) in [6, 6.07) is 12.5. The summed E-state index contributed by atoms with van der Waals surface area (Å²) >= 11 is 13.9. The summed E-state index contributed by atoms with van der Waals surface area (Å²) in [5, 5.41) is 13.4. The second-order valence-corrected chi connectivity index (χ2v) is 18.2. The van der Waals surface area contributed by atoms with Crippen molar-refractivity contribution in [2.75, 3.05) is 45.6 Å². The number of nitrogens with zero attached hydrogens (tertiary/aromatic N) is 6. The summed E-state index contributed by atoms with van der Waals surface area (Å²) in [6.07, 6.45) is 14.4. The number of halogens is 3. The number of rotatable bonds is 17. The van der Waals surface area contributed by atoms with Crippen molar-refractivity contribution in [2.45, 2.75) is 96.6 Å². The fourth-order valence-corrected chi connectivity index (χ4v) is 9.88. The van der Waals surface area contributed by atoms with Crippen LogP contribution >= 0.6 is 23.2 Å². The van der Waals surface area contributed by atoms with Gasteiger partial charge in [0, 0.05) is 83.2 Å². The number of imidazole rings is 1. The smallest absolute Gasteiger partial charge is 0.309 e. The van der Waals surface area contributed by atoms with E-state index in [2.05, 4.69) is 20.1 Å². The lowest BCUT2D eigenvalue weighted by Gasteiger charge is -2.28. The van der Waals surface area contributed by atoms with Gasteiger partial charge in [0.2, 0.25) is 5.91 Å². The molecule has 3 aliphatic rings. The van der Waals surface area contributed by atoms with Gasteiger partial charge in [0.1, 0.15) is 5.83 Å². The molecule has 0 unspecified atom stereocenters. The number of aromatic nitrogens is 3. The maximum atomic E-state index is 15.9. The first-order valence-electron chi connectivity index (χ1n) is 22.0. The Morgan fingerprint density at radius 2 is 1.60 bits per heavy atom. The van der Waals surface area contributed by atoms with Crippen molar-refractivity contribution in [2.24, 2.45) is 12.5 Å². The van der Waals surface area contributed by atoms with E-state index >= 15 is 4.39 Å². The van der Waals surface area contributed by atoms with Gasteiger partial charge in [0.25, 0.3) is 5.91 Å². The van der Waals surface area contributed by atoms with Gasteiger partial charge in [-0.2, -0.15) is 0 Å². The van der Waals surface area contributed by atoms with E-state index in [1.165, 1.54) is 6.08 Å². The quantitative estimate of drug-likeness (QED) is 0.101. The maximum Gasteiger partial charge on any atom is 0.309 e. The molecule has 2 aliphatic heterocycles. The lowest BCUT2D eigenvalue weighted by Crippen LogP contribution is -2.32. The van der Waals surface area contributed by atoms with Crippen LogP contribution < -0.4 is 5.32 Å².